The van der Waals surface area contributed by atoms with Crippen LogP contribution in [0.2, 0.25) is 0 Å². The maximum Gasteiger partial charge on any atom is 0.227 e. The molecule has 2 heterocycles. The van der Waals surface area contributed by atoms with Gasteiger partial charge in [-0.25, -0.2) is 9.67 Å². The molecule has 0 atom stereocenters. The minimum Gasteiger partial charge on any atom is -0.497 e. The molecule has 7 heteroatoms. The van der Waals surface area contributed by atoms with E-state index in [-0.39, 0.29) is 18.9 Å². The predicted molar refractivity (Wildman–Crippen MR) is 103 cm³/mol. The lowest BCUT2D eigenvalue weighted by atomic mass is 10.3. The molecule has 1 amide bonds. The number of rotatable bonds is 7. The molecule has 0 unspecified atom stereocenters. The molecule has 3 aromatic rings. The first kappa shape index (κ1) is 18.4. The molecule has 0 saturated carbocycles. The average molecular weight is 366 g/mol. The number of carbonyl (C=O) groups excluding carboxylic acids is 1. The molecule has 1 N–H and O–H groups in total. The van der Waals surface area contributed by atoms with E-state index in [1.54, 1.807) is 36.2 Å². The molecule has 2 aromatic heterocycles. The fourth-order valence-corrected chi connectivity index (χ4v) is 2.60. The Kier molecular flexibility index (Phi) is 5.71. The summed E-state index contributed by atoms with van der Waals surface area (Å²) in [6.07, 6.45) is 1.86. The number of amides is 1. The highest BCUT2D eigenvalue weighted by molar-refractivity contribution is 5.90. The highest BCUT2D eigenvalue weighted by atomic mass is 16.5. The Bertz CT molecular complexity index is 902. The number of pyridine rings is 1. The number of hydrogen-bond donors (Lipinski definition) is 1. The maximum absolute atomic E-state index is 12.1. The van der Waals surface area contributed by atoms with Crippen molar-refractivity contribution < 1.29 is 14.3 Å². The van der Waals surface area contributed by atoms with Crippen LogP contribution in [0.15, 0.2) is 48.7 Å². The van der Waals surface area contributed by atoms with E-state index < -0.39 is 0 Å². The zero-order chi connectivity index (χ0) is 19.2. The fourth-order valence-electron chi connectivity index (χ4n) is 2.60. The van der Waals surface area contributed by atoms with Gasteiger partial charge in [-0.1, -0.05) is 0 Å². The van der Waals surface area contributed by atoms with Crippen molar-refractivity contribution in [3.8, 4) is 17.3 Å². The Labute approximate surface area is 158 Å². The van der Waals surface area contributed by atoms with Gasteiger partial charge in [0, 0.05) is 5.69 Å². The number of nitrogens with one attached hydrogen (secondary N) is 1. The summed E-state index contributed by atoms with van der Waals surface area (Å²) in [6, 6.07) is 12.8. The van der Waals surface area contributed by atoms with E-state index in [9.17, 15) is 4.79 Å². The summed E-state index contributed by atoms with van der Waals surface area (Å²) in [6.45, 7) is 4.20. The summed E-state index contributed by atoms with van der Waals surface area (Å²) in [5.74, 6) is 2.03. The van der Waals surface area contributed by atoms with Crippen molar-refractivity contribution in [2.45, 2.75) is 20.3 Å². The quantitative estimate of drug-likeness (QED) is 0.694. The standard InChI is InChI=1S/C20H22N4O3/c1-14-12-15(2)24(23-14)19-9-4-16(13-21-19)22-20(25)10-11-27-18-7-5-17(26-3)6-8-18/h4-9,12-13H,10-11H2,1-3H3,(H,22,25). The lowest BCUT2D eigenvalue weighted by molar-refractivity contribution is -0.116. The number of carbonyl (C=O) groups is 1. The number of aromatic nitrogens is 3. The molecule has 0 bridgehead atoms. The minimum atomic E-state index is -0.135. The second-order valence-corrected chi connectivity index (χ2v) is 6.07. The Morgan fingerprint density at radius 1 is 1.11 bits per heavy atom. The third-order valence-corrected chi connectivity index (χ3v) is 3.92. The van der Waals surface area contributed by atoms with E-state index in [0.29, 0.717) is 17.3 Å². The van der Waals surface area contributed by atoms with Crippen LogP contribution in [0, 0.1) is 13.8 Å². The van der Waals surface area contributed by atoms with Gasteiger partial charge >= 0.3 is 0 Å². The van der Waals surface area contributed by atoms with Crippen LogP contribution < -0.4 is 14.8 Å². The summed E-state index contributed by atoms with van der Waals surface area (Å²) < 4.78 is 12.4. The zero-order valence-electron chi connectivity index (χ0n) is 15.6. The number of ether oxygens (including phenoxy) is 2. The number of hydrogen-bond acceptors (Lipinski definition) is 5. The average Bonchev–Trinajstić information content (AvgIpc) is 3.01. The van der Waals surface area contributed by atoms with Crippen molar-refractivity contribution in [2.75, 3.05) is 19.0 Å². The van der Waals surface area contributed by atoms with Gasteiger partial charge in [-0.15, -0.1) is 0 Å². The van der Waals surface area contributed by atoms with Crippen LogP contribution in [0.25, 0.3) is 5.82 Å². The molecule has 0 fully saturated rings. The van der Waals surface area contributed by atoms with Crippen molar-refractivity contribution in [1.82, 2.24) is 14.8 Å². The number of methoxy groups -OCH3 is 1. The molecule has 27 heavy (non-hydrogen) atoms. The van der Waals surface area contributed by atoms with Gasteiger partial charge < -0.3 is 14.8 Å². The fraction of sp³-hybridized carbons (Fsp3) is 0.250. The monoisotopic (exact) mass is 366 g/mol. The third-order valence-electron chi connectivity index (χ3n) is 3.92. The smallest absolute Gasteiger partial charge is 0.227 e. The van der Waals surface area contributed by atoms with Crippen LogP contribution in [0.4, 0.5) is 5.69 Å². The lowest BCUT2D eigenvalue weighted by Crippen LogP contribution is -2.15. The maximum atomic E-state index is 12.1. The van der Waals surface area contributed by atoms with Crippen LogP contribution in [-0.2, 0) is 4.79 Å². The van der Waals surface area contributed by atoms with Crippen LogP contribution in [0.1, 0.15) is 17.8 Å². The number of nitrogens with zero attached hydrogens (tertiary/aromatic N) is 3. The van der Waals surface area contributed by atoms with Crippen LogP contribution in [-0.4, -0.2) is 34.4 Å². The van der Waals surface area contributed by atoms with Crippen molar-refractivity contribution >= 4 is 11.6 Å². The van der Waals surface area contributed by atoms with Gasteiger partial charge in [-0.05, 0) is 56.3 Å². The first-order valence-electron chi connectivity index (χ1n) is 8.61. The largest absolute Gasteiger partial charge is 0.497 e. The SMILES string of the molecule is COc1ccc(OCCC(=O)Nc2ccc(-n3nc(C)cc3C)nc2)cc1. The Morgan fingerprint density at radius 3 is 2.44 bits per heavy atom. The summed E-state index contributed by atoms with van der Waals surface area (Å²) >= 11 is 0. The van der Waals surface area contributed by atoms with Gasteiger partial charge in [0.05, 0.1) is 37.7 Å². The van der Waals surface area contributed by atoms with E-state index >= 15 is 0 Å². The Balaban J connectivity index is 1.49. The third kappa shape index (κ3) is 4.84. The van der Waals surface area contributed by atoms with Crippen molar-refractivity contribution in [3.05, 3.63) is 60.0 Å². The van der Waals surface area contributed by atoms with Crippen molar-refractivity contribution in [2.24, 2.45) is 0 Å². The summed E-state index contributed by atoms with van der Waals surface area (Å²) in [5, 5.41) is 7.21. The predicted octanol–water partition coefficient (Wildman–Crippen LogP) is 3.30. The highest BCUT2D eigenvalue weighted by Crippen LogP contribution is 2.17. The lowest BCUT2D eigenvalue weighted by Gasteiger charge is -2.09. The normalized spacial score (nSPS) is 10.5. The molecule has 0 aliphatic carbocycles. The van der Waals surface area contributed by atoms with Gasteiger partial charge in [0.15, 0.2) is 5.82 Å². The van der Waals surface area contributed by atoms with Crippen LogP contribution in [0.3, 0.4) is 0 Å². The first-order valence-corrected chi connectivity index (χ1v) is 8.61. The number of aryl methyl sites for hydroxylation is 2. The highest BCUT2D eigenvalue weighted by Gasteiger charge is 2.07. The molecule has 3 rings (SSSR count). The molecular formula is C20H22N4O3. The molecule has 7 nitrogen and oxygen atoms in total. The summed E-state index contributed by atoms with van der Waals surface area (Å²) in [5.41, 5.74) is 2.57. The molecule has 0 spiro atoms. The second-order valence-electron chi connectivity index (χ2n) is 6.07. The van der Waals surface area contributed by atoms with Crippen molar-refractivity contribution in [3.63, 3.8) is 0 Å². The van der Waals surface area contributed by atoms with E-state index in [0.717, 1.165) is 17.1 Å². The number of anilines is 1. The summed E-state index contributed by atoms with van der Waals surface area (Å²) in [4.78, 5) is 16.4. The minimum absolute atomic E-state index is 0.135. The second kappa shape index (κ2) is 8.35. The molecular weight excluding hydrogens is 344 g/mol. The van der Waals surface area contributed by atoms with Gasteiger partial charge in [0.25, 0.3) is 0 Å². The van der Waals surface area contributed by atoms with Gasteiger partial charge in [0.1, 0.15) is 11.5 Å². The van der Waals surface area contributed by atoms with E-state index in [1.807, 2.05) is 38.1 Å². The van der Waals surface area contributed by atoms with Crippen LogP contribution in [0.5, 0.6) is 11.5 Å². The zero-order valence-corrected chi connectivity index (χ0v) is 15.6. The van der Waals surface area contributed by atoms with Gasteiger partial charge in [-0.2, -0.15) is 5.10 Å². The topological polar surface area (TPSA) is 78.3 Å². The molecule has 0 radical (unpaired) electrons. The Morgan fingerprint density at radius 2 is 1.85 bits per heavy atom. The van der Waals surface area contributed by atoms with E-state index in [2.05, 4.69) is 15.4 Å². The van der Waals surface area contributed by atoms with Crippen LogP contribution >= 0.6 is 0 Å². The van der Waals surface area contributed by atoms with Crippen molar-refractivity contribution in [1.29, 1.82) is 0 Å². The van der Waals surface area contributed by atoms with Gasteiger partial charge in [0.2, 0.25) is 5.91 Å². The Hall–Kier alpha value is -3.35. The molecule has 0 saturated heterocycles. The molecule has 140 valence electrons. The van der Waals surface area contributed by atoms with E-state index in [1.165, 1.54) is 0 Å². The van der Waals surface area contributed by atoms with Gasteiger partial charge in [-0.3, -0.25) is 4.79 Å². The number of benzene rings is 1. The van der Waals surface area contributed by atoms with E-state index in [4.69, 9.17) is 9.47 Å². The first-order chi connectivity index (χ1) is 13.0. The molecule has 1 aromatic carbocycles. The molecule has 0 aliphatic rings. The molecule has 0 aliphatic heterocycles. The summed E-state index contributed by atoms with van der Waals surface area (Å²) in [7, 11) is 1.61.